The van der Waals surface area contributed by atoms with E-state index in [9.17, 15) is 14.0 Å². The van der Waals surface area contributed by atoms with Crippen LogP contribution in [-0.4, -0.2) is 54.0 Å². The van der Waals surface area contributed by atoms with Crippen molar-refractivity contribution in [1.29, 1.82) is 0 Å². The van der Waals surface area contributed by atoms with E-state index in [0.29, 0.717) is 31.1 Å². The van der Waals surface area contributed by atoms with Crippen LogP contribution in [-0.2, 0) is 9.53 Å². The molecular formula is C23H33FN6O3. The molecule has 0 spiro atoms. The molecule has 0 aromatic heterocycles. The lowest BCUT2D eigenvalue weighted by molar-refractivity contribution is -0.114. The topological polar surface area (TPSA) is 149 Å². The van der Waals surface area contributed by atoms with Crippen LogP contribution in [0.4, 0.5) is 14.9 Å². The molecule has 0 radical (unpaired) electrons. The van der Waals surface area contributed by atoms with E-state index in [1.807, 2.05) is 13.8 Å². The molecule has 3 rings (SSSR count). The Bertz CT molecular complexity index is 913. The van der Waals surface area contributed by atoms with E-state index in [1.54, 1.807) is 4.90 Å². The average molecular weight is 461 g/mol. The minimum Gasteiger partial charge on any atom is -0.446 e. The minimum atomic E-state index is -0.752. The summed E-state index contributed by atoms with van der Waals surface area (Å²) in [6, 6.07) is 5.06. The second-order valence-corrected chi connectivity index (χ2v) is 8.85. The predicted molar refractivity (Wildman–Crippen MR) is 124 cm³/mol. The third-order valence-electron chi connectivity index (χ3n) is 6.22. The molecule has 1 heterocycles. The normalized spacial score (nSPS) is 23.6. The van der Waals surface area contributed by atoms with Gasteiger partial charge in [-0.15, -0.1) is 0 Å². The van der Waals surface area contributed by atoms with E-state index in [-0.39, 0.29) is 41.6 Å². The molecule has 0 bridgehead atoms. The van der Waals surface area contributed by atoms with E-state index >= 15 is 0 Å². The summed E-state index contributed by atoms with van der Waals surface area (Å²) in [6.45, 7) is 4.74. The number of amides is 2. The molecule has 1 aliphatic heterocycles. The third-order valence-corrected chi connectivity index (χ3v) is 6.22. The Balaban J connectivity index is 1.67. The average Bonchev–Trinajstić information content (AvgIpc) is 3.60. The van der Waals surface area contributed by atoms with E-state index in [4.69, 9.17) is 21.9 Å². The number of aliphatic imine (C=N–C) groups is 1. The van der Waals surface area contributed by atoms with Crippen LogP contribution in [0.2, 0.25) is 0 Å². The minimum absolute atomic E-state index is 0.00264. The number of ether oxygens (including phenoxy) is 1. The first-order chi connectivity index (χ1) is 15.7. The van der Waals surface area contributed by atoms with Gasteiger partial charge in [-0.05, 0) is 63.3 Å². The standard InChI is InChI=1S/C23H33FN6O3/c1-13(25)19-12-30(23(32)33-14(2)15-3-4-15)10-9-20(19)28-11-18(22(27)31)21(26)29-17-7-5-16(24)6-8-17/h5-8,11,13-15,19-20,28H,3-4,9-10,12,25H2,1-2H3,(H2,26,29)(H2,27,31)/b18-11+/t13?,14?,19-,20+/m0/s1. The van der Waals surface area contributed by atoms with Gasteiger partial charge in [-0.2, -0.15) is 0 Å². The van der Waals surface area contributed by atoms with Gasteiger partial charge in [-0.3, -0.25) is 4.79 Å². The number of rotatable bonds is 8. The predicted octanol–water partition coefficient (Wildman–Crippen LogP) is 1.75. The van der Waals surface area contributed by atoms with Gasteiger partial charge in [0.15, 0.2) is 0 Å². The number of likely N-dealkylation sites (tertiary alicyclic amines) is 1. The summed E-state index contributed by atoms with van der Waals surface area (Å²) in [4.78, 5) is 30.4. The lowest BCUT2D eigenvalue weighted by Gasteiger charge is -2.40. The van der Waals surface area contributed by atoms with Crippen molar-refractivity contribution in [2.24, 2.45) is 34.0 Å². The zero-order valence-corrected chi connectivity index (χ0v) is 19.0. The summed E-state index contributed by atoms with van der Waals surface area (Å²) in [5.41, 5.74) is 18.1. The molecule has 1 saturated carbocycles. The maximum atomic E-state index is 13.1. The SMILES string of the molecule is CC(OC(=O)N1CC[C@@H](N/C=C(/C(N)=O)C(N)=Nc2ccc(F)cc2)[C@H](C(C)N)C1)C1CC1. The van der Waals surface area contributed by atoms with Gasteiger partial charge in [0.25, 0.3) is 5.91 Å². The molecule has 10 heteroatoms. The lowest BCUT2D eigenvalue weighted by atomic mass is 9.87. The number of carbonyl (C=O) groups is 2. The fourth-order valence-electron chi connectivity index (χ4n) is 3.96. The number of nitrogens with two attached hydrogens (primary N) is 3. The second kappa shape index (κ2) is 10.7. The fourth-order valence-corrected chi connectivity index (χ4v) is 3.96. The van der Waals surface area contributed by atoms with Crippen LogP contribution in [0, 0.1) is 17.7 Å². The Morgan fingerprint density at radius 3 is 2.45 bits per heavy atom. The molecule has 2 amide bonds. The van der Waals surface area contributed by atoms with E-state index < -0.39 is 11.7 Å². The van der Waals surface area contributed by atoms with Gasteiger partial charge in [0.2, 0.25) is 0 Å². The highest BCUT2D eigenvalue weighted by atomic mass is 19.1. The third kappa shape index (κ3) is 6.67. The Kier molecular flexibility index (Phi) is 7.91. The number of nitrogens with zero attached hydrogens (tertiary/aromatic N) is 2. The number of carbonyl (C=O) groups excluding carboxylic acids is 2. The molecule has 180 valence electrons. The summed E-state index contributed by atoms with van der Waals surface area (Å²) in [7, 11) is 0. The first-order valence-corrected chi connectivity index (χ1v) is 11.2. The molecule has 2 fully saturated rings. The highest BCUT2D eigenvalue weighted by Gasteiger charge is 2.36. The van der Waals surface area contributed by atoms with Crippen molar-refractivity contribution in [3.8, 4) is 0 Å². The zero-order valence-electron chi connectivity index (χ0n) is 19.0. The van der Waals surface area contributed by atoms with Crippen molar-refractivity contribution in [1.82, 2.24) is 10.2 Å². The van der Waals surface area contributed by atoms with Gasteiger partial charge in [-0.1, -0.05) is 0 Å². The summed E-state index contributed by atoms with van der Waals surface area (Å²) in [6.07, 6.45) is 3.86. The summed E-state index contributed by atoms with van der Waals surface area (Å²) >= 11 is 0. The van der Waals surface area contributed by atoms with Crippen molar-refractivity contribution >= 4 is 23.5 Å². The van der Waals surface area contributed by atoms with E-state index in [0.717, 1.165) is 12.8 Å². The molecule has 1 aromatic carbocycles. The van der Waals surface area contributed by atoms with Crippen LogP contribution in [0.1, 0.15) is 33.1 Å². The summed E-state index contributed by atoms with van der Waals surface area (Å²) in [5, 5.41) is 3.20. The highest BCUT2D eigenvalue weighted by Crippen LogP contribution is 2.34. The molecule has 1 aliphatic carbocycles. The Labute approximate surface area is 193 Å². The van der Waals surface area contributed by atoms with Crippen molar-refractivity contribution < 1.29 is 18.7 Å². The highest BCUT2D eigenvalue weighted by molar-refractivity contribution is 6.20. The molecule has 1 aromatic rings. The number of halogens is 1. The Morgan fingerprint density at radius 2 is 1.88 bits per heavy atom. The number of benzene rings is 1. The molecule has 9 nitrogen and oxygen atoms in total. The van der Waals surface area contributed by atoms with Crippen LogP contribution in [0.5, 0.6) is 0 Å². The Hall–Kier alpha value is -3.14. The number of hydrogen-bond acceptors (Lipinski definition) is 6. The van der Waals surface area contributed by atoms with Crippen molar-refractivity contribution in [2.75, 3.05) is 13.1 Å². The van der Waals surface area contributed by atoms with Crippen LogP contribution in [0.25, 0.3) is 0 Å². The number of amidine groups is 1. The van der Waals surface area contributed by atoms with Crippen molar-refractivity contribution in [2.45, 2.75) is 51.3 Å². The van der Waals surface area contributed by atoms with Crippen LogP contribution in [0.15, 0.2) is 41.0 Å². The quantitative estimate of drug-likeness (QED) is 0.264. The van der Waals surface area contributed by atoms with Gasteiger partial charge in [0.1, 0.15) is 17.8 Å². The largest absolute Gasteiger partial charge is 0.446 e. The fraction of sp³-hybridized carbons (Fsp3) is 0.522. The number of primary amides is 1. The molecule has 1 saturated heterocycles. The summed E-state index contributed by atoms with van der Waals surface area (Å²) in [5.74, 6) is -0.855. The van der Waals surface area contributed by atoms with Gasteiger partial charge in [0.05, 0.1) is 11.3 Å². The Morgan fingerprint density at radius 1 is 1.21 bits per heavy atom. The maximum absolute atomic E-state index is 13.1. The molecular weight excluding hydrogens is 427 g/mol. The molecule has 2 unspecified atom stereocenters. The second-order valence-electron chi connectivity index (χ2n) is 8.85. The zero-order chi connectivity index (χ0) is 24.1. The summed E-state index contributed by atoms with van der Waals surface area (Å²) < 4.78 is 18.7. The van der Waals surface area contributed by atoms with Crippen LogP contribution in [0.3, 0.4) is 0 Å². The number of piperidine rings is 1. The van der Waals surface area contributed by atoms with E-state index in [2.05, 4.69) is 10.3 Å². The van der Waals surface area contributed by atoms with E-state index in [1.165, 1.54) is 30.5 Å². The van der Waals surface area contributed by atoms with Gasteiger partial charge in [-0.25, -0.2) is 14.2 Å². The number of nitrogens with one attached hydrogen (secondary N) is 1. The monoisotopic (exact) mass is 460 g/mol. The molecule has 7 N–H and O–H groups in total. The lowest BCUT2D eigenvalue weighted by Crippen LogP contribution is -2.55. The van der Waals surface area contributed by atoms with Gasteiger partial charge < -0.3 is 32.2 Å². The van der Waals surface area contributed by atoms with Gasteiger partial charge in [0, 0.05) is 37.3 Å². The molecule has 2 aliphatic rings. The van der Waals surface area contributed by atoms with Crippen molar-refractivity contribution in [3.63, 3.8) is 0 Å². The smallest absolute Gasteiger partial charge is 0.410 e. The van der Waals surface area contributed by atoms with Crippen molar-refractivity contribution in [3.05, 3.63) is 41.9 Å². The number of hydrogen-bond donors (Lipinski definition) is 4. The maximum Gasteiger partial charge on any atom is 0.410 e. The molecule has 4 atom stereocenters. The first kappa shape index (κ1) is 24.5. The molecule has 33 heavy (non-hydrogen) atoms. The van der Waals surface area contributed by atoms with Crippen LogP contribution < -0.4 is 22.5 Å². The van der Waals surface area contributed by atoms with Crippen LogP contribution >= 0.6 is 0 Å². The first-order valence-electron chi connectivity index (χ1n) is 11.2. The van der Waals surface area contributed by atoms with Gasteiger partial charge >= 0.3 is 6.09 Å².